The number of urea groups is 1. The lowest BCUT2D eigenvalue weighted by Crippen LogP contribution is -2.50. The van der Waals surface area contributed by atoms with Crippen molar-refractivity contribution in [3.8, 4) is 0 Å². The molecule has 1 heterocycles. The van der Waals surface area contributed by atoms with Crippen LogP contribution in [0.5, 0.6) is 0 Å². The van der Waals surface area contributed by atoms with Gasteiger partial charge < -0.3 is 10.2 Å². The second-order valence-corrected chi connectivity index (χ2v) is 7.79. The topological polar surface area (TPSA) is 69.7 Å². The van der Waals surface area contributed by atoms with Crippen molar-refractivity contribution in [3.05, 3.63) is 35.6 Å². The standard InChI is InChI=1S/C21H28FN3O3/c1-3-15-8-10-21(11-9-15)19(27)25(20(28)23-21)14-18(26)24(4-2)13-16-6-5-7-17(22)12-16/h5-7,12,15H,3-4,8-11,13-14H2,1-2H3,(H,23,28). The monoisotopic (exact) mass is 389 g/mol. The van der Waals surface area contributed by atoms with E-state index in [1.165, 1.54) is 17.0 Å². The van der Waals surface area contributed by atoms with Crippen molar-refractivity contribution >= 4 is 17.8 Å². The largest absolute Gasteiger partial charge is 0.337 e. The van der Waals surface area contributed by atoms with Gasteiger partial charge in [0.25, 0.3) is 5.91 Å². The fraction of sp³-hybridized carbons (Fsp3) is 0.571. The van der Waals surface area contributed by atoms with E-state index in [4.69, 9.17) is 0 Å². The number of nitrogens with zero attached hydrogens (tertiary/aromatic N) is 2. The van der Waals surface area contributed by atoms with Crippen molar-refractivity contribution in [1.29, 1.82) is 0 Å². The van der Waals surface area contributed by atoms with Crippen LogP contribution < -0.4 is 5.32 Å². The third-order valence-corrected chi connectivity index (χ3v) is 6.07. The third-order valence-electron chi connectivity index (χ3n) is 6.07. The van der Waals surface area contributed by atoms with E-state index in [9.17, 15) is 18.8 Å². The number of halogens is 1. The first-order valence-electron chi connectivity index (χ1n) is 10.0. The van der Waals surface area contributed by atoms with Crippen LogP contribution in [0.2, 0.25) is 0 Å². The number of imide groups is 1. The van der Waals surface area contributed by atoms with Crippen LogP contribution in [0.1, 0.15) is 51.5 Å². The zero-order valence-corrected chi connectivity index (χ0v) is 16.5. The van der Waals surface area contributed by atoms with Gasteiger partial charge in [-0.15, -0.1) is 0 Å². The summed E-state index contributed by atoms with van der Waals surface area (Å²) in [5.74, 6) is -0.385. The molecule has 28 heavy (non-hydrogen) atoms. The Morgan fingerprint density at radius 2 is 2.00 bits per heavy atom. The summed E-state index contributed by atoms with van der Waals surface area (Å²) >= 11 is 0. The molecule has 0 atom stereocenters. The van der Waals surface area contributed by atoms with E-state index < -0.39 is 11.6 Å². The molecule has 1 saturated heterocycles. The molecule has 1 saturated carbocycles. The van der Waals surface area contributed by atoms with Gasteiger partial charge in [-0.1, -0.05) is 25.5 Å². The highest BCUT2D eigenvalue weighted by Gasteiger charge is 2.52. The van der Waals surface area contributed by atoms with Crippen LogP contribution in [0.25, 0.3) is 0 Å². The van der Waals surface area contributed by atoms with E-state index in [-0.39, 0.29) is 30.7 Å². The van der Waals surface area contributed by atoms with E-state index in [0.717, 1.165) is 24.2 Å². The summed E-state index contributed by atoms with van der Waals surface area (Å²) in [7, 11) is 0. The molecule has 1 aromatic rings. The maximum atomic E-state index is 13.4. The lowest BCUT2D eigenvalue weighted by molar-refractivity contribution is -0.140. The Morgan fingerprint density at radius 3 is 2.61 bits per heavy atom. The van der Waals surface area contributed by atoms with E-state index in [2.05, 4.69) is 12.2 Å². The molecule has 1 aliphatic carbocycles. The number of carbonyl (C=O) groups excluding carboxylic acids is 3. The number of amides is 4. The summed E-state index contributed by atoms with van der Waals surface area (Å²) < 4.78 is 13.4. The molecule has 0 unspecified atom stereocenters. The lowest BCUT2D eigenvalue weighted by atomic mass is 9.75. The van der Waals surface area contributed by atoms with Gasteiger partial charge in [-0.2, -0.15) is 0 Å². The number of nitrogens with one attached hydrogen (secondary N) is 1. The van der Waals surface area contributed by atoms with Gasteiger partial charge in [0.15, 0.2) is 0 Å². The first-order chi connectivity index (χ1) is 13.4. The van der Waals surface area contributed by atoms with Crippen molar-refractivity contribution in [2.24, 2.45) is 5.92 Å². The number of hydrogen-bond donors (Lipinski definition) is 1. The molecule has 2 fully saturated rings. The van der Waals surface area contributed by atoms with Gasteiger partial charge in [0.05, 0.1) is 0 Å². The average Bonchev–Trinajstić information content (AvgIpc) is 2.91. The highest BCUT2D eigenvalue weighted by atomic mass is 19.1. The van der Waals surface area contributed by atoms with E-state index in [1.54, 1.807) is 12.1 Å². The van der Waals surface area contributed by atoms with Gasteiger partial charge >= 0.3 is 6.03 Å². The minimum Gasteiger partial charge on any atom is -0.337 e. The molecule has 0 bridgehead atoms. The molecule has 1 aromatic carbocycles. The molecule has 6 nitrogen and oxygen atoms in total. The zero-order chi connectivity index (χ0) is 20.3. The molecule has 0 aromatic heterocycles. The Labute approximate surface area is 165 Å². The first kappa shape index (κ1) is 20.3. The second-order valence-electron chi connectivity index (χ2n) is 7.79. The Bertz CT molecular complexity index is 759. The molecule has 1 spiro atoms. The maximum absolute atomic E-state index is 13.4. The Kier molecular flexibility index (Phi) is 6.01. The highest BCUT2D eigenvalue weighted by molar-refractivity contribution is 6.09. The number of likely N-dealkylation sites (N-methyl/N-ethyl adjacent to an activating group) is 1. The summed E-state index contributed by atoms with van der Waals surface area (Å²) in [6.45, 7) is 4.31. The highest BCUT2D eigenvalue weighted by Crippen LogP contribution is 2.37. The summed E-state index contributed by atoms with van der Waals surface area (Å²) in [4.78, 5) is 40.7. The van der Waals surface area contributed by atoms with Crippen molar-refractivity contribution in [1.82, 2.24) is 15.1 Å². The Hall–Kier alpha value is -2.44. The summed E-state index contributed by atoms with van der Waals surface area (Å²) in [5, 5.41) is 2.85. The average molecular weight is 389 g/mol. The molecule has 0 radical (unpaired) electrons. The van der Waals surface area contributed by atoms with Crippen LogP contribution in [0, 0.1) is 11.7 Å². The first-order valence-corrected chi connectivity index (χ1v) is 10.0. The van der Waals surface area contributed by atoms with Crippen LogP contribution in [0.15, 0.2) is 24.3 Å². The molecule has 3 rings (SSSR count). The molecule has 7 heteroatoms. The smallest absolute Gasteiger partial charge is 0.325 e. The van der Waals surface area contributed by atoms with Crippen LogP contribution >= 0.6 is 0 Å². The Balaban J connectivity index is 1.65. The Morgan fingerprint density at radius 1 is 1.29 bits per heavy atom. The van der Waals surface area contributed by atoms with E-state index >= 15 is 0 Å². The summed E-state index contributed by atoms with van der Waals surface area (Å²) in [6.07, 6.45) is 4.14. The molecular formula is C21H28FN3O3. The fourth-order valence-electron chi connectivity index (χ4n) is 4.20. The third kappa shape index (κ3) is 4.03. The van der Waals surface area contributed by atoms with Crippen molar-refractivity contribution in [2.45, 2.75) is 58.0 Å². The van der Waals surface area contributed by atoms with Gasteiger partial charge in [0.2, 0.25) is 5.91 Å². The molecule has 152 valence electrons. The maximum Gasteiger partial charge on any atom is 0.325 e. The number of hydrogen-bond acceptors (Lipinski definition) is 3. The predicted molar refractivity (Wildman–Crippen MR) is 103 cm³/mol. The quantitative estimate of drug-likeness (QED) is 0.760. The van der Waals surface area contributed by atoms with Gasteiger partial charge in [0, 0.05) is 13.1 Å². The van der Waals surface area contributed by atoms with Crippen LogP contribution in [-0.4, -0.2) is 46.3 Å². The normalized spacial score (nSPS) is 24.5. The van der Waals surface area contributed by atoms with Crippen molar-refractivity contribution in [3.63, 3.8) is 0 Å². The fourth-order valence-corrected chi connectivity index (χ4v) is 4.20. The van der Waals surface area contributed by atoms with Gasteiger partial charge in [-0.05, 0) is 56.2 Å². The number of benzene rings is 1. The number of rotatable bonds is 6. The SMILES string of the molecule is CCC1CCC2(CC1)NC(=O)N(CC(=O)N(CC)Cc1cccc(F)c1)C2=O. The summed E-state index contributed by atoms with van der Waals surface area (Å²) in [5.41, 5.74) is -0.176. The van der Waals surface area contributed by atoms with Crippen LogP contribution in [-0.2, 0) is 16.1 Å². The number of carbonyl (C=O) groups is 3. The van der Waals surface area contributed by atoms with Gasteiger partial charge in [-0.3, -0.25) is 14.5 Å². The zero-order valence-electron chi connectivity index (χ0n) is 16.5. The molecule has 1 aliphatic heterocycles. The molecular weight excluding hydrogens is 361 g/mol. The van der Waals surface area contributed by atoms with Crippen LogP contribution in [0.3, 0.4) is 0 Å². The van der Waals surface area contributed by atoms with Crippen molar-refractivity contribution in [2.75, 3.05) is 13.1 Å². The minimum atomic E-state index is -0.845. The minimum absolute atomic E-state index is 0.236. The van der Waals surface area contributed by atoms with Crippen LogP contribution in [0.4, 0.5) is 9.18 Å². The van der Waals surface area contributed by atoms with E-state index in [0.29, 0.717) is 30.9 Å². The second kappa shape index (κ2) is 8.29. The van der Waals surface area contributed by atoms with E-state index in [1.807, 2.05) is 6.92 Å². The molecule has 2 aliphatic rings. The summed E-state index contributed by atoms with van der Waals surface area (Å²) in [6, 6.07) is 5.58. The van der Waals surface area contributed by atoms with Crippen molar-refractivity contribution < 1.29 is 18.8 Å². The van der Waals surface area contributed by atoms with Gasteiger partial charge in [-0.25, -0.2) is 9.18 Å². The predicted octanol–water partition coefficient (Wildman–Crippen LogP) is 3.07. The molecule has 1 N–H and O–H groups in total. The van der Waals surface area contributed by atoms with Gasteiger partial charge in [0.1, 0.15) is 17.9 Å². The molecule has 4 amide bonds. The lowest BCUT2D eigenvalue weighted by Gasteiger charge is -2.34.